The van der Waals surface area contributed by atoms with Gasteiger partial charge < -0.3 is 21.2 Å². The molecule has 2 amide bonds. The average Bonchev–Trinajstić information content (AvgIpc) is 2.38. The van der Waals surface area contributed by atoms with Gasteiger partial charge in [0.2, 0.25) is 0 Å². The van der Waals surface area contributed by atoms with Crippen molar-refractivity contribution in [3.05, 3.63) is 0 Å². The number of nitrogens with one attached hydrogen (secondary N) is 1. The first-order chi connectivity index (χ1) is 8.09. The molecule has 0 bridgehead atoms. The van der Waals surface area contributed by atoms with Crippen LogP contribution >= 0.6 is 11.8 Å². The van der Waals surface area contributed by atoms with Crippen molar-refractivity contribution in [3.63, 3.8) is 0 Å². The third kappa shape index (κ3) is 2.96. The molecule has 4 N–H and O–H groups in total. The molecule has 0 aromatic rings. The van der Waals surface area contributed by atoms with Gasteiger partial charge in [0.1, 0.15) is 0 Å². The molecule has 1 aliphatic heterocycles. The molecule has 1 rings (SSSR count). The van der Waals surface area contributed by atoms with Crippen LogP contribution in [0.4, 0.5) is 4.79 Å². The van der Waals surface area contributed by atoms with Crippen molar-refractivity contribution >= 4 is 23.6 Å². The van der Waals surface area contributed by atoms with Crippen molar-refractivity contribution in [3.8, 4) is 0 Å². The molecule has 98 valence electrons. The lowest BCUT2D eigenvalue weighted by atomic mass is 9.94. The number of carbonyl (C=O) groups is 1. The number of hydrogen-bond donors (Lipinski definition) is 3. The molecule has 1 aliphatic rings. The van der Waals surface area contributed by atoms with Gasteiger partial charge >= 0.3 is 6.03 Å². The van der Waals surface area contributed by atoms with Crippen molar-refractivity contribution in [2.75, 3.05) is 25.9 Å². The largest absolute Gasteiger partial charge is 0.409 e. The molecule has 1 heterocycles. The van der Waals surface area contributed by atoms with Gasteiger partial charge in [0.15, 0.2) is 5.84 Å². The number of urea groups is 1. The van der Waals surface area contributed by atoms with Gasteiger partial charge in [0.05, 0.1) is 4.75 Å². The molecule has 0 radical (unpaired) electrons. The van der Waals surface area contributed by atoms with E-state index < -0.39 is 0 Å². The van der Waals surface area contributed by atoms with Crippen LogP contribution in [0.1, 0.15) is 19.8 Å². The average molecular weight is 260 g/mol. The predicted molar refractivity (Wildman–Crippen MR) is 69.5 cm³/mol. The van der Waals surface area contributed by atoms with Crippen LogP contribution in [0.25, 0.3) is 0 Å². The summed E-state index contributed by atoms with van der Waals surface area (Å²) >= 11 is 1.58. The van der Waals surface area contributed by atoms with E-state index in [0.29, 0.717) is 32.5 Å². The maximum atomic E-state index is 11.6. The zero-order valence-corrected chi connectivity index (χ0v) is 11.1. The second kappa shape index (κ2) is 6.00. The molecule has 0 aromatic carbocycles. The van der Waals surface area contributed by atoms with Crippen molar-refractivity contribution in [2.45, 2.75) is 24.5 Å². The first-order valence-electron chi connectivity index (χ1n) is 5.65. The van der Waals surface area contributed by atoms with Crippen molar-refractivity contribution in [1.29, 1.82) is 0 Å². The summed E-state index contributed by atoms with van der Waals surface area (Å²) in [6.07, 6.45) is 3.36. The zero-order chi connectivity index (χ0) is 12.9. The van der Waals surface area contributed by atoms with Gasteiger partial charge in [0, 0.05) is 19.6 Å². The van der Waals surface area contributed by atoms with E-state index in [1.165, 1.54) is 0 Å². The van der Waals surface area contributed by atoms with Crippen LogP contribution in [0, 0.1) is 0 Å². The second-order valence-corrected chi connectivity index (χ2v) is 5.20. The monoisotopic (exact) mass is 260 g/mol. The van der Waals surface area contributed by atoms with E-state index in [1.807, 2.05) is 13.2 Å². The third-order valence-corrected chi connectivity index (χ3v) is 4.55. The summed E-state index contributed by atoms with van der Waals surface area (Å²) in [5, 5.41) is 14.7. The molecular weight excluding hydrogens is 240 g/mol. The Kier molecular flexibility index (Phi) is 4.92. The Labute approximate surface area is 106 Å². The summed E-state index contributed by atoms with van der Waals surface area (Å²) in [6.45, 7) is 3.78. The number of oxime groups is 1. The highest BCUT2D eigenvalue weighted by atomic mass is 32.2. The van der Waals surface area contributed by atoms with Crippen LogP contribution in [0.2, 0.25) is 0 Å². The molecule has 7 heteroatoms. The van der Waals surface area contributed by atoms with Crippen molar-refractivity contribution < 1.29 is 10.0 Å². The van der Waals surface area contributed by atoms with E-state index in [1.54, 1.807) is 16.7 Å². The minimum atomic E-state index is -0.336. The normalized spacial score (nSPS) is 20.1. The topological polar surface area (TPSA) is 91.0 Å². The molecule has 0 unspecified atom stereocenters. The standard InChI is InChI=1S/C10H20N4O2S/c1-3-12-9(15)14-6-4-10(17-2,5-7-14)8(11)13-16/h16H,3-7H2,1-2H3,(H2,11,13)(H,12,15). The quantitative estimate of drug-likeness (QED) is 0.301. The highest BCUT2D eigenvalue weighted by Crippen LogP contribution is 2.34. The number of amidine groups is 1. The Morgan fingerprint density at radius 1 is 1.59 bits per heavy atom. The Morgan fingerprint density at radius 2 is 2.18 bits per heavy atom. The predicted octanol–water partition coefficient (Wildman–Crippen LogP) is 0.660. The van der Waals surface area contributed by atoms with Gasteiger partial charge in [-0.1, -0.05) is 5.16 Å². The summed E-state index contributed by atoms with van der Waals surface area (Å²) in [4.78, 5) is 13.4. The summed E-state index contributed by atoms with van der Waals surface area (Å²) in [5.74, 6) is 0.251. The summed E-state index contributed by atoms with van der Waals surface area (Å²) in [5.41, 5.74) is 5.73. The number of amides is 2. The molecule has 0 spiro atoms. The van der Waals surface area contributed by atoms with E-state index in [9.17, 15) is 4.79 Å². The van der Waals surface area contributed by atoms with Crippen LogP contribution in [-0.2, 0) is 0 Å². The molecule has 0 saturated carbocycles. The molecule has 0 aromatic heterocycles. The highest BCUT2D eigenvalue weighted by molar-refractivity contribution is 8.00. The summed E-state index contributed by atoms with van der Waals surface area (Å²) in [6, 6.07) is -0.0401. The Balaban J connectivity index is 2.62. The maximum absolute atomic E-state index is 11.6. The van der Waals surface area contributed by atoms with Gasteiger partial charge in [-0.15, -0.1) is 0 Å². The van der Waals surface area contributed by atoms with Crippen LogP contribution in [0.5, 0.6) is 0 Å². The number of hydrogen-bond acceptors (Lipinski definition) is 4. The second-order valence-electron chi connectivity index (χ2n) is 4.01. The number of likely N-dealkylation sites (tertiary alicyclic amines) is 1. The fourth-order valence-electron chi connectivity index (χ4n) is 1.99. The molecule has 6 nitrogen and oxygen atoms in total. The molecule has 0 aliphatic carbocycles. The Hall–Kier alpha value is -1.11. The Morgan fingerprint density at radius 3 is 2.59 bits per heavy atom. The lowest BCUT2D eigenvalue weighted by molar-refractivity contribution is 0.184. The van der Waals surface area contributed by atoms with Crippen molar-refractivity contribution in [2.24, 2.45) is 10.9 Å². The number of carbonyl (C=O) groups excluding carboxylic acids is 1. The lowest BCUT2D eigenvalue weighted by Crippen LogP contribution is -2.53. The molecule has 0 atom stereocenters. The van der Waals surface area contributed by atoms with E-state index in [4.69, 9.17) is 10.9 Å². The minimum absolute atomic E-state index is 0.0401. The Bertz CT molecular complexity index is 301. The fraction of sp³-hybridized carbons (Fsp3) is 0.800. The number of nitrogens with two attached hydrogens (primary N) is 1. The lowest BCUT2D eigenvalue weighted by Gasteiger charge is -2.39. The van der Waals surface area contributed by atoms with Crippen LogP contribution < -0.4 is 11.1 Å². The smallest absolute Gasteiger partial charge is 0.317 e. The zero-order valence-electron chi connectivity index (χ0n) is 10.3. The fourth-order valence-corrected chi connectivity index (χ4v) is 2.83. The number of thioether (sulfide) groups is 1. The molecule has 1 saturated heterocycles. The van der Waals surface area contributed by atoms with Gasteiger partial charge in [-0.3, -0.25) is 0 Å². The van der Waals surface area contributed by atoms with Crippen LogP contribution in [0.3, 0.4) is 0 Å². The summed E-state index contributed by atoms with van der Waals surface area (Å²) in [7, 11) is 0. The van der Waals surface area contributed by atoms with Crippen molar-refractivity contribution in [1.82, 2.24) is 10.2 Å². The van der Waals surface area contributed by atoms with E-state index in [-0.39, 0.29) is 16.6 Å². The highest BCUT2D eigenvalue weighted by Gasteiger charge is 2.39. The molecule has 1 fully saturated rings. The van der Waals surface area contributed by atoms with Crippen LogP contribution in [-0.4, -0.2) is 52.6 Å². The molecular formula is C10H20N4O2S. The first-order valence-corrected chi connectivity index (χ1v) is 6.88. The number of nitrogens with zero attached hydrogens (tertiary/aromatic N) is 2. The van der Waals surface area contributed by atoms with Gasteiger partial charge in [-0.05, 0) is 26.0 Å². The van der Waals surface area contributed by atoms with Crippen LogP contribution in [0.15, 0.2) is 5.16 Å². The number of piperidine rings is 1. The molecule has 17 heavy (non-hydrogen) atoms. The minimum Gasteiger partial charge on any atom is -0.409 e. The first kappa shape index (κ1) is 14.0. The third-order valence-electron chi connectivity index (χ3n) is 3.15. The van der Waals surface area contributed by atoms with Gasteiger partial charge in [-0.25, -0.2) is 4.79 Å². The summed E-state index contributed by atoms with van der Waals surface area (Å²) < 4.78 is -0.336. The van der Waals surface area contributed by atoms with E-state index >= 15 is 0 Å². The SMILES string of the molecule is CCNC(=O)N1CCC(SC)(C(N)=NO)CC1. The number of rotatable bonds is 3. The van der Waals surface area contributed by atoms with E-state index in [0.717, 1.165) is 0 Å². The maximum Gasteiger partial charge on any atom is 0.317 e. The van der Waals surface area contributed by atoms with Gasteiger partial charge in [-0.2, -0.15) is 11.8 Å². The van der Waals surface area contributed by atoms with Gasteiger partial charge in [0.25, 0.3) is 0 Å². The van der Waals surface area contributed by atoms with E-state index in [2.05, 4.69) is 10.5 Å².